The van der Waals surface area contributed by atoms with Crippen molar-refractivity contribution in [2.45, 2.75) is 13.8 Å². The molecule has 8 heteroatoms. The van der Waals surface area contributed by atoms with E-state index < -0.39 is 11.9 Å². The molecule has 2 aromatic carbocycles. The van der Waals surface area contributed by atoms with Gasteiger partial charge in [-0.1, -0.05) is 17.7 Å². The van der Waals surface area contributed by atoms with Crippen LogP contribution in [0.5, 0.6) is 17.2 Å². The lowest BCUT2D eigenvalue weighted by molar-refractivity contribution is -0.138. The third kappa shape index (κ3) is 6.26. The molecule has 0 saturated carbocycles. The van der Waals surface area contributed by atoms with Gasteiger partial charge in [0.1, 0.15) is 17.4 Å². The van der Waals surface area contributed by atoms with Crippen LogP contribution in [0.3, 0.4) is 0 Å². The van der Waals surface area contributed by atoms with Crippen molar-refractivity contribution in [3.05, 3.63) is 58.1 Å². The highest BCUT2D eigenvalue weighted by molar-refractivity contribution is 6.30. The summed E-state index contributed by atoms with van der Waals surface area (Å²) in [5.41, 5.74) is 1.14. The standard InChI is InChI=1S/C22H20ClNO6/c1-4-28-22(26)16(12-24)10-15-5-7-19(20(11-15)27-3)30-21(25)13-29-18-8-6-17(23)9-14(18)2/h5-11H,4,13H2,1-3H3/b16-10+. The first-order valence-electron chi connectivity index (χ1n) is 8.94. The first kappa shape index (κ1) is 22.8. The van der Waals surface area contributed by atoms with Crippen LogP contribution in [0.15, 0.2) is 42.0 Å². The van der Waals surface area contributed by atoms with Gasteiger partial charge in [0.15, 0.2) is 18.1 Å². The van der Waals surface area contributed by atoms with E-state index in [1.807, 2.05) is 6.92 Å². The van der Waals surface area contributed by atoms with Crippen LogP contribution in [0, 0.1) is 18.3 Å². The molecule has 0 aromatic heterocycles. The number of carbonyl (C=O) groups is 2. The molecule has 2 rings (SSSR count). The summed E-state index contributed by atoms with van der Waals surface area (Å²) in [5.74, 6) is -0.405. The Morgan fingerprint density at radius 2 is 1.87 bits per heavy atom. The largest absolute Gasteiger partial charge is 0.493 e. The number of halogens is 1. The average molecular weight is 430 g/mol. The number of nitrogens with zero attached hydrogens (tertiary/aromatic N) is 1. The maximum absolute atomic E-state index is 12.2. The minimum atomic E-state index is -0.718. The van der Waals surface area contributed by atoms with Crippen LogP contribution < -0.4 is 14.2 Å². The van der Waals surface area contributed by atoms with E-state index in [-0.39, 0.29) is 30.3 Å². The Morgan fingerprint density at radius 1 is 1.13 bits per heavy atom. The topological polar surface area (TPSA) is 94.9 Å². The number of carbonyl (C=O) groups excluding carboxylic acids is 2. The fourth-order valence-electron chi connectivity index (χ4n) is 2.43. The molecule has 0 aliphatic heterocycles. The predicted octanol–water partition coefficient (Wildman–Crippen LogP) is 4.11. The lowest BCUT2D eigenvalue weighted by Gasteiger charge is -2.12. The molecule has 0 amide bonds. The zero-order chi connectivity index (χ0) is 22.1. The molecule has 7 nitrogen and oxygen atoms in total. The smallest absolute Gasteiger partial charge is 0.349 e. The van der Waals surface area contributed by atoms with Crippen molar-refractivity contribution in [2.24, 2.45) is 0 Å². The Balaban J connectivity index is 2.10. The van der Waals surface area contributed by atoms with Crippen molar-refractivity contribution in [1.82, 2.24) is 0 Å². The van der Waals surface area contributed by atoms with Gasteiger partial charge in [-0.25, -0.2) is 9.59 Å². The first-order valence-corrected chi connectivity index (χ1v) is 9.32. The molecular weight excluding hydrogens is 410 g/mol. The van der Waals surface area contributed by atoms with Gasteiger partial charge in [0.25, 0.3) is 0 Å². The Labute approximate surface area is 179 Å². The van der Waals surface area contributed by atoms with Crippen molar-refractivity contribution in [3.8, 4) is 23.3 Å². The van der Waals surface area contributed by atoms with E-state index in [2.05, 4.69) is 0 Å². The second-order valence-electron chi connectivity index (χ2n) is 5.97. The second kappa shape index (κ2) is 10.9. The molecule has 0 aliphatic rings. The fraction of sp³-hybridized carbons (Fsp3) is 0.227. The first-order chi connectivity index (χ1) is 14.4. The summed E-state index contributed by atoms with van der Waals surface area (Å²) in [7, 11) is 1.41. The lowest BCUT2D eigenvalue weighted by atomic mass is 10.1. The number of ether oxygens (including phenoxy) is 4. The number of aryl methyl sites for hydroxylation is 1. The lowest BCUT2D eigenvalue weighted by Crippen LogP contribution is -2.18. The van der Waals surface area contributed by atoms with Crippen LogP contribution in [0.1, 0.15) is 18.1 Å². The number of benzene rings is 2. The molecule has 0 saturated heterocycles. The molecule has 0 fully saturated rings. The normalized spacial score (nSPS) is 10.7. The number of hydrogen-bond acceptors (Lipinski definition) is 7. The van der Waals surface area contributed by atoms with Crippen LogP contribution >= 0.6 is 11.6 Å². The maximum Gasteiger partial charge on any atom is 0.349 e. The minimum Gasteiger partial charge on any atom is -0.493 e. The van der Waals surface area contributed by atoms with E-state index in [0.29, 0.717) is 16.3 Å². The van der Waals surface area contributed by atoms with Crippen molar-refractivity contribution in [3.63, 3.8) is 0 Å². The van der Waals surface area contributed by atoms with Crippen molar-refractivity contribution in [1.29, 1.82) is 5.26 Å². The molecule has 0 spiro atoms. The summed E-state index contributed by atoms with van der Waals surface area (Å²) >= 11 is 5.90. The monoisotopic (exact) mass is 429 g/mol. The highest BCUT2D eigenvalue weighted by Gasteiger charge is 2.14. The molecule has 30 heavy (non-hydrogen) atoms. The Kier molecular flexibility index (Phi) is 8.27. The van der Waals surface area contributed by atoms with E-state index in [0.717, 1.165) is 5.56 Å². The van der Waals surface area contributed by atoms with Gasteiger partial charge in [-0.15, -0.1) is 0 Å². The van der Waals surface area contributed by atoms with Gasteiger partial charge in [-0.05, 0) is 61.4 Å². The molecule has 0 bridgehead atoms. The highest BCUT2D eigenvalue weighted by Crippen LogP contribution is 2.29. The molecule has 0 atom stereocenters. The van der Waals surface area contributed by atoms with Crippen molar-refractivity contribution >= 4 is 29.6 Å². The molecule has 0 unspecified atom stereocenters. The van der Waals surface area contributed by atoms with Crippen LogP contribution in [0.25, 0.3) is 6.08 Å². The van der Waals surface area contributed by atoms with Crippen LogP contribution in [-0.4, -0.2) is 32.3 Å². The van der Waals surface area contributed by atoms with Crippen LogP contribution in [0.2, 0.25) is 5.02 Å². The molecule has 156 valence electrons. The molecule has 0 aliphatic carbocycles. The molecule has 0 N–H and O–H groups in total. The van der Waals surface area contributed by atoms with Gasteiger partial charge in [-0.3, -0.25) is 0 Å². The maximum atomic E-state index is 12.2. The summed E-state index contributed by atoms with van der Waals surface area (Å²) < 4.78 is 20.8. The van der Waals surface area contributed by atoms with E-state index >= 15 is 0 Å². The number of hydrogen-bond donors (Lipinski definition) is 0. The Hall–Kier alpha value is -3.50. The minimum absolute atomic E-state index is 0.157. The van der Waals surface area contributed by atoms with Gasteiger partial charge in [0, 0.05) is 5.02 Å². The zero-order valence-corrected chi connectivity index (χ0v) is 17.5. The molecule has 2 aromatic rings. The van der Waals surface area contributed by atoms with Gasteiger partial charge in [0.05, 0.1) is 13.7 Å². The number of esters is 2. The Bertz CT molecular complexity index is 1010. The van der Waals surface area contributed by atoms with Crippen LogP contribution in [-0.2, 0) is 14.3 Å². The summed E-state index contributed by atoms with van der Waals surface area (Å²) in [5, 5.41) is 9.70. The summed E-state index contributed by atoms with van der Waals surface area (Å²) in [6.45, 7) is 3.31. The van der Waals surface area contributed by atoms with Crippen molar-refractivity contribution in [2.75, 3.05) is 20.3 Å². The molecule has 0 heterocycles. The number of methoxy groups -OCH3 is 1. The van der Waals surface area contributed by atoms with E-state index in [1.165, 1.54) is 25.3 Å². The number of rotatable bonds is 8. The fourth-order valence-corrected chi connectivity index (χ4v) is 2.66. The quantitative estimate of drug-likeness (QED) is 0.269. The summed E-state index contributed by atoms with van der Waals surface area (Å²) in [6.07, 6.45) is 1.36. The van der Waals surface area contributed by atoms with Gasteiger partial charge in [-0.2, -0.15) is 5.26 Å². The van der Waals surface area contributed by atoms with Gasteiger partial charge < -0.3 is 18.9 Å². The Morgan fingerprint density at radius 3 is 2.50 bits per heavy atom. The second-order valence-corrected chi connectivity index (χ2v) is 6.41. The average Bonchev–Trinajstić information content (AvgIpc) is 2.72. The van der Waals surface area contributed by atoms with E-state index in [1.54, 1.807) is 37.3 Å². The third-order valence-corrected chi connectivity index (χ3v) is 4.06. The van der Waals surface area contributed by atoms with Gasteiger partial charge in [0.2, 0.25) is 0 Å². The SMILES string of the molecule is CCOC(=O)/C(C#N)=C/c1ccc(OC(=O)COc2ccc(Cl)cc2C)c(OC)c1. The summed E-state index contributed by atoms with van der Waals surface area (Å²) in [4.78, 5) is 23.9. The summed E-state index contributed by atoms with van der Waals surface area (Å²) in [6, 6.07) is 11.5. The zero-order valence-electron chi connectivity index (χ0n) is 16.7. The number of nitriles is 1. The van der Waals surface area contributed by atoms with Crippen molar-refractivity contribution < 1.29 is 28.5 Å². The van der Waals surface area contributed by atoms with E-state index in [9.17, 15) is 9.59 Å². The predicted molar refractivity (Wildman–Crippen MR) is 111 cm³/mol. The highest BCUT2D eigenvalue weighted by atomic mass is 35.5. The van der Waals surface area contributed by atoms with Crippen LogP contribution in [0.4, 0.5) is 0 Å². The molecule has 0 radical (unpaired) electrons. The van der Waals surface area contributed by atoms with Gasteiger partial charge >= 0.3 is 11.9 Å². The third-order valence-electron chi connectivity index (χ3n) is 3.82. The van der Waals surface area contributed by atoms with E-state index in [4.69, 9.17) is 35.8 Å². The molecular formula is C22H20ClNO6.